The van der Waals surface area contributed by atoms with Crippen molar-refractivity contribution in [1.29, 1.82) is 0 Å². The van der Waals surface area contributed by atoms with Gasteiger partial charge in [-0.1, -0.05) is 32.4 Å². The zero-order valence-corrected chi connectivity index (χ0v) is 12.8. The van der Waals surface area contributed by atoms with Crippen LogP contribution in [0.5, 0.6) is 0 Å². The van der Waals surface area contributed by atoms with Gasteiger partial charge in [-0.15, -0.1) is 0 Å². The molecule has 0 aromatic heterocycles. The highest BCUT2D eigenvalue weighted by atomic mass is 32.1. The van der Waals surface area contributed by atoms with Crippen LogP contribution in [-0.4, -0.2) is 16.2 Å². The smallest absolute Gasteiger partial charge is 0.306 e. The first-order chi connectivity index (χ1) is 9.54. The minimum absolute atomic E-state index is 0.194. The van der Waals surface area contributed by atoms with Gasteiger partial charge in [-0.2, -0.15) is 4.99 Å². The fourth-order valence-corrected chi connectivity index (χ4v) is 2.33. The SMILES string of the molecule is CC(C)C(CCCCc1ccc(N=C=S)cc1)C(=O)O. The highest BCUT2D eigenvalue weighted by Crippen LogP contribution is 2.20. The van der Waals surface area contributed by atoms with Crippen molar-refractivity contribution in [2.24, 2.45) is 16.8 Å². The maximum atomic E-state index is 11.1. The van der Waals surface area contributed by atoms with Crippen molar-refractivity contribution < 1.29 is 9.90 Å². The highest BCUT2D eigenvalue weighted by molar-refractivity contribution is 7.78. The van der Waals surface area contributed by atoms with Crippen LogP contribution >= 0.6 is 12.2 Å². The summed E-state index contributed by atoms with van der Waals surface area (Å²) >= 11 is 4.55. The van der Waals surface area contributed by atoms with Gasteiger partial charge in [0, 0.05) is 0 Å². The average Bonchev–Trinajstić information content (AvgIpc) is 2.40. The normalized spacial score (nSPS) is 11.9. The van der Waals surface area contributed by atoms with E-state index in [0.29, 0.717) is 0 Å². The Labute approximate surface area is 125 Å². The summed E-state index contributed by atoms with van der Waals surface area (Å²) in [5, 5.41) is 11.5. The van der Waals surface area contributed by atoms with Gasteiger partial charge in [0.2, 0.25) is 0 Å². The summed E-state index contributed by atoms with van der Waals surface area (Å²) in [7, 11) is 0. The topological polar surface area (TPSA) is 49.7 Å². The number of nitrogens with zero attached hydrogens (tertiary/aromatic N) is 1. The van der Waals surface area contributed by atoms with Crippen molar-refractivity contribution in [2.45, 2.75) is 39.5 Å². The molecular weight excluding hydrogens is 270 g/mol. The van der Waals surface area contributed by atoms with Gasteiger partial charge in [-0.05, 0) is 55.1 Å². The third kappa shape index (κ3) is 5.64. The number of aliphatic carboxylic acids is 1. The predicted octanol–water partition coefficient (Wildman–Crippen LogP) is 4.49. The molecule has 1 aromatic carbocycles. The van der Waals surface area contributed by atoms with Gasteiger partial charge >= 0.3 is 5.97 Å². The molecule has 0 radical (unpaired) electrons. The fraction of sp³-hybridized carbons (Fsp3) is 0.500. The highest BCUT2D eigenvalue weighted by Gasteiger charge is 2.20. The summed E-state index contributed by atoms with van der Waals surface area (Å²) in [4.78, 5) is 15.0. The van der Waals surface area contributed by atoms with Crippen molar-refractivity contribution >= 4 is 29.0 Å². The molecule has 1 unspecified atom stereocenters. The molecule has 0 aliphatic carbocycles. The number of hydrogen-bond acceptors (Lipinski definition) is 3. The number of aliphatic imine (C=N–C) groups is 1. The van der Waals surface area contributed by atoms with Crippen molar-refractivity contribution in [1.82, 2.24) is 0 Å². The molecule has 1 rings (SSSR count). The molecule has 1 aromatic rings. The Balaban J connectivity index is 2.37. The van der Waals surface area contributed by atoms with Gasteiger partial charge in [0.25, 0.3) is 0 Å². The lowest BCUT2D eigenvalue weighted by Gasteiger charge is -2.15. The van der Waals surface area contributed by atoms with E-state index >= 15 is 0 Å². The Morgan fingerprint density at radius 3 is 2.45 bits per heavy atom. The molecule has 0 bridgehead atoms. The van der Waals surface area contributed by atoms with E-state index in [-0.39, 0.29) is 11.8 Å². The first-order valence-electron chi connectivity index (χ1n) is 6.94. The fourth-order valence-electron chi connectivity index (χ4n) is 2.23. The van der Waals surface area contributed by atoms with Crippen LogP contribution < -0.4 is 0 Å². The molecule has 0 aliphatic heterocycles. The Hall–Kier alpha value is -1.51. The molecule has 108 valence electrons. The first kappa shape index (κ1) is 16.5. The number of isothiocyanates is 1. The van der Waals surface area contributed by atoms with Crippen LogP contribution in [0.25, 0.3) is 0 Å². The number of unbranched alkanes of at least 4 members (excludes halogenated alkanes) is 1. The van der Waals surface area contributed by atoms with Crippen molar-refractivity contribution in [3.05, 3.63) is 29.8 Å². The van der Waals surface area contributed by atoms with Crippen LogP contribution in [-0.2, 0) is 11.2 Å². The number of thiocarbonyl (C=S) groups is 1. The first-order valence-corrected chi connectivity index (χ1v) is 7.35. The van der Waals surface area contributed by atoms with E-state index in [1.807, 2.05) is 38.1 Å². The lowest BCUT2D eigenvalue weighted by atomic mass is 9.90. The molecule has 20 heavy (non-hydrogen) atoms. The van der Waals surface area contributed by atoms with E-state index in [1.165, 1.54) is 5.56 Å². The largest absolute Gasteiger partial charge is 0.481 e. The summed E-state index contributed by atoms with van der Waals surface area (Å²) < 4.78 is 0. The summed E-state index contributed by atoms with van der Waals surface area (Å²) in [5.41, 5.74) is 2.05. The number of aryl methyl sites for hydroxylation is 1. The summed E-state index contributed by atoms with van der Waals surface area (Å²) in [5.74, 6) is -0.712. The van der Waals surface area contributed by atoms with E-state index in [1.54, 1.807) is 0 Å². The Morgan fingerprint density at radius 2 is 1.95 bits per heavy atom. The number of hydrogen-bond donors (Lipinski definition) is 1. The van der Waals surface area contributed by atoms with Crippen LogP contribution in [0.2, 0.25) is 0 Å². The minimum atomic E-state index is -0.678. The Kier molecular flexibility index (Phi) is 7.13. The number of carbonyl (C=O) groups is 1. The van der Waals surface area contributed by atoms with Crippen LogP contribution in [0.15, 0.2) is 29.3 Å². The van der Waals surface area contributed by atoms with Gasteiger partial charge in [0.05, 0.1) is 16.8 Å². The Bertz CT molecular complexity index is 476. The molecule has 0 heterocycles. The van der Waals surface area contributed by atoms with Gasteiger partial charge in [-0.3, -0.25) is 4.79 Å². The third-order valence-corrected chi connectivity index (χ3v) is 3.55. The van der Waals surface area contributed by atoms with E-state index in [0.717, 1.165) is 31.4 Å². The van der Waals surface area contributed by atoms with Crippen molar-refractivity contribution in [3.63, 3.8) is 0 Å². The van der Waals surface area contributed by atoms with Crippen LogP contribution in [0.4, 0.5) is 5.69 Å². The summed E-state index contributed by atoms with van der Waals surface area (Å²) in [6.45, 7) is 3.93. The summed E-state index contributed by atoms with van der Waals surface area (Å²) in [6, 6.07) is 7.90. The molecule has 1 N–H and O–H groups in total. The minimum Gasteiger partial charge on any atom is -0.481 e. The molecule has 0 saturated carbocycles. The van der Waals surface area contributed by atoms with Gasteiger partial charge in [-0.25, -0.2) is 0 Å². The van der Waals surface area contributed by atoms with Crippen LogP contribution in [0, 0.1) is 11.8 Å². The molecule has 0 fully saturated rings. The van der Waals surface area contributed by atoms with Gasteiger partial charge in [0.1, 0.15) is 0 Å². The van der Waals surface area contributed by atoms with E-state index in [9.17, 15) is 4.79 Å². The van der Waals surface area contributed by atoms with Crippen LogP contribution in [0.3, 0.4) is 0 Å². The molecule has 0 amide bonds. The summed E-state index contributed by atoms with van der Waals surface area (Å²) in [6.07, 6.45) is 3.66. The average molecular weight is 291 g/mol. The van der Waals surface area contributed by atoms with Gasteiger partial charge in [0.15, 0.2) is 0 Å². The number of benzene rings is 1. The third-order valence-electron chi connectivity index (χ3n) is 3.46. The monoisotopic (exact) mass is 291 g/mol. The zero-order valence-electron chi connectivity index (χ0n) is 12.0. The predicted molar refractivity (Wildman–Crippen MR) is 84.6 cm³/mol. The van der Waals surface area contributed by atoms with E-state index < -0.39 is 5.97 Å². The van der Waals surface area contributed by atoms with Gasteiger partial charge < -0.3 is 5.11 Å². The maximum Gasteiger partial charge on any atom is 0.306 e. The molecule has 3 nitrogen and oxygen atoms in total. The van der Waals surface area contributed by atoms with Crippen molar-refractivity contribution in [3.8, 4) is 0 Å². The lowest BCUT2D eigenvalue weighted by molar-refractivity contribution is -0.143. The van der Waals surface area contributed by atoms with Crippen LogP contribution in [0.1, 0.15) is 38.7 Å². The molecule has 4 heteroatoms. The molecule has 0 aliphatic rings. The number of carboxylic acid groups (broad SMARTS) is 1. The van der Waals surface area contributed by atoms with Crippen molar-refractivity contribution in [2.75, 3.05) is 0 Å². The maximum absolute atomic E-state index is 11.1. The second-order valence-corrected chi connectivity index (χ2v) is 5.49. The zero-order chi connectivity index (χ0) is 15.0. The lowest BCUT2D eigenvalue weighted by Crippen LogP contribution is -2.19. The molecule has 0 spiro atoms. The molecular formula is C16H21NO2S. The van der Waals surface area contributed by atoms with E-state index in [2.05, 4.69) is 22.4 Å². The number of carboxylic acids is 1. The second kappa shape index (κ2) is 8.62. The quantitative estimate of drug-likeness (QED) is 0.436. The number of rotatable bonds is 8. The Morgan fingerprint density at radius 1 is 1.30 bits per heavy atom. The molecule has 0 saturated heterocycles. The standard InChI is InChI=1S/C16H21NO2S/c1-12(2)15(16(18)19)6-4-3-5-13-7-9-14(10-8-13)17-11-20/h7-10,12,15H,3-6H2,1-2H3,(H,18,19). The van der Waals surface area contributed by atoms with E-state index in [4.69, 9.17) is 5.11 Å². The second-order valence-electron chi connectivity index (χ2n) is 5.30. The molecule has 1 atom stereocenters.